The minimum Gasteiger partial charge on any atom is -0.348 e. The number of hydrogen-bond donors (Lipinski definition) is 2. The van der Waals surface area contributed by atoms with Crippen LogP contribution in [-0.2, 0) is 0 Å². The highest BCUT2D eigenvalue weighted by Crippen LogP contribution is 2.19. The molecule has 1 fully saturated rings. The van der Waals surface area contributed by atoms with Gasteiger partial charge in [-0.3, -0.25) is 4.79 Å². The summed E-state index contributed by atoms with van der Waals surface area (Å²) in [6.45, 7) is 5.98. The topological polar surface area (TPSA) is 66.9 Å². The molecule has 0 bridgehead atoms. The van der Waals surface area contributed by atoms with Crippen LogP contribution in [0.3, 0.4) is 0 Å². The number of anilines is 2. The summed E-state index contributed by atoms with van der Waals surface area (Å²) in [5.41, 5.74) is 4.46. The minimum atomic E-state index is -0.115. The molecule has 0 unspecified atom stereocenters. The maximum Gasteiger partial charge on any atom is 0.270 e. The second kappa shape index (κ2) is 6.99. The maximum absolute atomic E-state index is 12.4. The van der Waals surface area contributed by atoms with Crippen molar-refractivity contribution in [3.05, 3.63) is 46.8 Å². The third-order valence-corrected chi connectivity index (χ3v) is 4.26. The highest BCUT2D eigenvalue weighted by molar-refractivity contribution is 5.92. The first-order valence-electron chi connectivity index (χ1n) is 8.51. The Bertz CT molecular complexity index is 731. The molecule has 24 heavy (non-hydrogen) atoms. The predicted molar refractivity (Wildman–Crippen MR) is 95.7 cm³/mol. The van der Waals surface area contributed by atoms with E-state index in [1.54, 1.807) is 6.07 Å². The average molecular weight is 324 g/mol. The molecule has 0 atom stereocenters. The fourth-order valence-corrected chi connectivity index (χ4v) is 3.25. The number of nitrogens with one attached hydrogen (secondary N) is 2. The van der Waals surface area contributed by atoms with Gasteiger partial charge in [-0.05, 0) is 62.9 Å². The van der Waals surface area contributed by atoms with Gasteiger partial charge in [0.1, 0.15) is 5.69 Å². The van der Waals surface area contributed by atoms with Crippen LogP contribution < -0.4 is 10.6 Å². The summed E-state index contributed by atoms with van der Waals surface area (Å²) in [7, 11) is 0. The summed E-state index contributed by atoms with van der Waals surface area (Å²) in [6, 6.07) is 8.21. The lowest BCUT2D eigenvalue weighted by Crippen LogP contribution is -2.33. The third kappa shape index (κ3) is 4.10. The molecular weight excluding hydrogens is 300 g/mol. The van der Waals surface area contributed by atoms with Crippen molar-refractivity contribution in [2.45, 2.75) is 52.5 Å². The molecule has 1 amide bonds. The molecule has 0 aliphatic heterocycles. The van der Waals surface area contributed by atoms with E-state index in [0.29, 0.717) is 11.6 Å². The van der Waals surface area contributed by atoms with Gasteiger partial charge in [0.25, 0.3) is 5.91 Å². The standard InChI is InChI=1S/C19H24N4O/c1-12-8-13(2)10-16(9-12)22-19-20-14(3)11-17(23-19)18(24)21-15-6-4-5-7-15/h8-11,15H,4-7H2,1-3H3,(H,21,24)(H,20,22,23). The van der Waals surface area contributed by atoms with Gasteiger partial charge >= 0.3 is 0 Å². The molecule has 1 heterocycles. The molecule has 2 aromatic rings. The van der Waals surface area contributed by atoms with E-state index in [2.05, 4.69) is 40.5 Å². The van der Waals surface area contributed by atoms with Crippen LogP contribution >= 0.6 is 0 Å². The van der Waals surface area contributed by atoms with Crippen molar-refractivity contribution in [3.63, 3.8) is 0 Å². The maximum atomic E-state index is 12.4. The largest absolute Gasteiger partial charge is 0.348 e. The lowest BCUT2D eigenvalue weighted by atomic mass is 10.1. The van der Waals surface area contributed by atoms with Gasteiger partial charge in [-0.15, -0.1) is 0 Å². The van der Waals surface area contributed by atoms with Gasteiger partial charge in [-0.25, -0.2) is 9.97 Å². The molecule has 3 rings (SSSR count). The van der Waals surface area contributed by atoms with E-state index >= 15 is 0 Å². The molecule has 5 heteroatoms. The second-order valence-corrected chi connectivity index (χ2v) is 6.67. The number of aryl methyl sites for hydroxylation is 3. The van der Waals surface area contributed by atoms with Gasteiger partial charge in [0.2, 0.25) is 5.95 Å². The van der Waals surface area contributed by atoms with Crippen LogP contribution in [0.4, 0.5) is 11.6 Å². The van der Waals surface area contributed by atoms with Crippen molar-refractivity contribution in [1.29, 1.82) is 0 Å². The first-order chi connectivity index (χ1) is 11.5. The SMILES string of the molecule is Cc1cc(C)cc(Nc2nc(C)cc(C(=O)NC3CCCC3)n2)c1. The zero-order chi connectivity index (χ0) is 17.1. The Morgan fingerprint density at radius 1 is 1.00 bits per heavy atom. The van der Waals surface area contributed by atoms with Gasteiger partial charge in [0.15, 0.2) is 0 Å². The van der Waals surface area contributed by atoms with Gasteiger partial charge in [0.05, 0.1) is 0 Å². The summed E-state index contributed by atoms with van der Waals surface area (Å²) in [6.07, 6.45) is 4.49. The second-order valence-electron chi connectivity index (χ2n) is 6.67. The predicted octanol–water partition coefficient (Wildman–Crippen LogP) is 3.82. The van der Waals surface area contributed by atoms with Crippen LogP contribution in [0, 0.1) is 20.8 Å². The summed E-state index contributed by atoms with van der Waals surface area (Å²) in [5.74, 6) is 0.340. The summed E-state index contributed by atoms with van der Waals surface area (Å²) < 4.78 is 0. The highest BCUT2D eigenvalue weighted by atomic mass is 16.1. The minimum absolute atomic E-state index is 0.115. The molecule has 1 aromatic carbocycles. The van der Waals surface area contributed by atoms with E-state index in [9.17, 15) is 4.79 Å². The van der Waals surface area contributed by atoms with Gasteiger partial charge in [-0.1, -0.05) is 18.9 Å². The summed E-state index contributed by atoms with van der Waals surface area (Å²) in [5, 5.41) is 6.29. The number of rotatable bonds is 4. The van der Waals surface area contributed by atoms with Crippen LogP contribution in [0.15, 0.2) is 24.3 Å². The van der Waals surface area contributed by atoms with Crippen molar-refractivity contribution >= 4 is 17.5 Å². The lowest BCUT2D eigenvalue weighted by molar-refractivity contribution is 0.0932. The highest BCUT2D eigenvalue weighted by Gasteiger charge is 2.19. The van der Waals surface area contributed by atoms with Crippen LogP contribution in [0.25, 0.3) is 0 Å². The lowest BCUT2D eigenvalue weighted by Gasteiger charge is -2.13. The Morgan fingerprint density at radius 3 is 2.33 bits per heavy atom. The fraction of sp³-hybridized carbons (Fsp3) is 0.421. The molecule has 0 saturated heterocycles. The van der Waals surface area contributed by atoms with E-state index in [-0.39, 0.29) is 11.9 Å². The Hall–Kier alpha value is -2.43. The molecule has 5 nitrogen and oxygen atoms in total. The first-order valence-corrected chi connectivity index (χ1v) is 8.51. The van der Waals surface area contributed by atoms with Crippen LogP contribution in [0.1, 0.15) is 53.0 Å². The number of nitrogens with zero attached hydrogens (tertiary/aromatic N) is 2. The molecule has 2 N–H and O–H groups in total. The third-order valence-electron chi connectivity index (χ3n) is 4.26. The number of benzene rings is 1. The van der Waals surface area contributed by atoms with Crippen molar-refractivity contribution in [3.8, 4) is 0 Å². The zero-order valence-electron chi connectivity index (χ0n) is 14.5. The van der Waals surface area contributed by atoms with E-state index < -0.39 is 0 Å². The normalized spacial score (nSPS) is 14.6. The number of amides is 1. The smallest absolute Gasteiger partial charge is 0.270 e. The van der Waals surface area contributed by atoms with E-state index in [4.69, 9.17) is 0 Å². The van der Waals surface area contributed by atoms with Crippen LogP contribution in [-0.4, -0.2) is 21.9 Å². The number of hydrogen-bond acceptors (Lipinski definition) is 4. The molecular formula is C19H24N4O. The van der Waals surface area contributed by atoms with E-state index in [0.717, 1.165) is 24.2 Å². The fourth-order valence-electron chi connectivity index (χ4n) is 3.25. The Labute approximate surface area is 142 Å². The number of carbonyl (C=O) groups excluding carboxylic acids is 1. The Morgan fingerprint density at radius 2 is 1.67 bits per heavy atom. The monoisotopic (exact) mass is 324 g/mol. The zero-order valence-corrected chi connectivity index (χ0v) is 14.5. The summed E-state index contributed by atoms with van der Waals surface area (Å²) in [4.78, 5) is 21.2. The molecule has 1 aliphatic rings. The van der Waals surface area contributed by atoms with Crippen molar-refractivity contribution in [1.82, 2.24) is 15.3 Å². The number of aromatic nitrogens is 2. The van der Waals surface area contributed by atoms with Crippen molar-refractivity contribution < 1.29 is 4.79 Å². The number of carbonyl (C=O) groups is 1. The van der Waals surface area contributed by atoms with Crippen LogP contribution in [0.2, 0.25) is 0 Å². The van der Waals surface area contributed by atoms with Gasteiger partial charge in [0, 0.05) is 17.4 Å². The molecule has 1 aliphatic carbocycles. The van der Waals surface area contributed by atoms with Crippen molar-refractivity contribution in [2.24, 2.45) is 0 Å². The van der Waals surface area contributed by atoms with Crippen molar-refractivity contribution in [2.75, 3.05) is 5.32 Å². The van der Waals surface area contributed by atoms with Gasteiger partial charge in [-0.2, -0.15) is 0 Å². The quantitative estimate of drug-likeness (QED) is 0.897. The molecule has 0 spiro atoms. The van der Waals surface area contributed by atoms with Crippen LogP contribution in [0.5, 0.6) is 0 Å². The Kier molecular flexibility index (Phi) is 4.79. The first kappa shape index (κ1) is 16.4. The van der Waals surface area contributed by atoms with Gasteiger partial charge < -0.3 is 10.6 Å². The summed E-state index contributed by atoms with van der Waals surface area (Å²) >= 11 is 0. The average Bonchev–Trinajstić information content (AvgIpc) is 2.98. The molecule has 1 saturated carbocycles. The molecule has 0 radical (unpaired) electrons. The van der Waals surface area contributed by atoms with E-state index in [1.807, 2.05) is 19.1 Å². The van der Waals surface area contributed by atoms with E-state index in [1.165, 1.54) is 24.0 Å². The molecule has 126 valence electrons. The molecule has 1 aromatic heterocycles. The Balaban J connectivity index is 1.79.